The second kappa shape index (κ2) is 13.1. The molecule has 0 saturated heterocycles. The van der Waals surface area contributed by atoms with Gasteiger partial charge in [-0.25, -0.2) is 8.42 Å². The molecule has 214 valence electrons. The molecule has 2 amide bonds. The Hall–Kier alpha value is -3.65. The summed E-state index contributed by atoms with van der Waals surface area (Å²) < 4.78 is 29.2. The quantitative estimate of drug-likeness (QED) is 0.336. The van der Waals surface area contributed by atoms with Crippen LogP contribution >= 0.6 is 0 Å². The molecular formula is C32H41N3O4S. The van der Waals surface area contributed by atoms with Crippen LogP contribution in [0.2, 0.25) is 0 Å². The van der Waals surface area contributed by atoms with E-state index < -0.39 is 28.5 Å². The highest BCUT2D eigenvalue weighted by Crippen LogP contribution is 2.28. The minimum absolute atomic E-state index is 0.0563. The van der Waals surface area contributed by atoms with Crippen LogP contribution in [0.5, 0.6) is 0 Å². The normalized spacial score (nSPS) is 12.9. The number of nitrogens with one attached hydrogen (secondary N) is 1. The summed E-state index contributed by atoms with van der Waals surface area (Å²) in [6.45, 7) is 12.8. The van der Waals surface area contributed by atoms with Crippen molar-refractivity contribution in [2.45, 2.75) is 78.4 Å². The highest BCUT2D eigenvalue weighted by Gasteiger charge is 2.33. The van der Waals surface area contributed by atoms with Crippen LogP contribution in [0.1, 0.15) is 55.0 Å². The van der Waals surface area contributed by atoms with Gasteiger partial charge in [-0.3, -0.25) is 13.9 Å². The van der Waals surface area contributed by atoms with Crippen molar-refractivity contribution in [3.8, 4) is 0 Å². The highest BCUT2D eigenvalue weighted by atomic mass is 32.2. The summed E-state index contributed by atoms with van der Waals surface area (Å²) in [4.78, 5) is 28.8. The molecule has 3 aromatic rings. The van der Waals surface area contributed by atoms with Crippen LogP contribution in [0, 0.1) is 27.7 Å². The largest absolute Gasteiger partial charge is 0.352 e. The Labute approximate surface area is 239 Å². The Morgan fingerprint density at radius 3 is 2.10 bits per heavy atom. The molecular weight excluding hydrogens is 522 g/mol. The third-order valence-electron chi connectivity index (χ3n) is 7.12. The van der Waals surface area contributed by atoms with Crippen molar-refractivity contribution in [1.82, 2.24) is 10.2 Å². The zero-order valence-corrected chi connectivity index (χ0v) is 25.4. The van der Waals surface area contributed by atoms with Crippen LogP contribution in [-0.4, -0.2) is 43.8 Å². The van der Waals surface area contributed by atoms with Crippen molar-refractivity contribution < 1.29 is 18.0 Å². The number of carbonyl (C=O) groups is 2. The Bertz CT molecular complexity index is 1450. The second-order valence-corrected chi connectivity index (χ2v) is 12.5. The van der Waals surface area contributed by atoms with Gasteiger partial charge < -0.3 is 10.2 Å². The van der Waals surface area contributed by atoms with E-state index in [0.717, 1.165) is 34.2 Å². The van der Waals surface area contributed by atoms with Crippen LogP contribution in [0.3, 0.4) is 0 Å². The number of sulfonamides is 1. The number of anilines is 1. The lowest BCUT2D eigenvalue weighted by Gasteiger charge is -2.33. The molecule has 0 spiro atoms. The topological polar surface area (TPSA) is 86.8 Å². The van der Waals surface area contributed by atoms with Gasteiger partial charge in [-0.05, 0) is 82.9 Å². The molecule has 3 rings (SSSR count). The molecule has 0 radical (unpaired) electrons. The number of aryl methyl sites for hydroxylation is 4. The zero-order valence-electron chi connectivity index (χ0n) is 24.6. The number of nitrogens with zero attached hydrogens (tertiary/aromatic N) is 2. The van der Waals surface area contributed by atoms with Crippen molar-refractivity contribution in [3.63, 3.8) is 0 Å². The average molecular weight is 564 g/mol. The Balaban J connectivity index is 2.07. The highest BCUT2D eigenvalue weighted by molar-refractivity contribution is 7.92. The number of amides is 2. The summed E-state index contributed by atoms with van der Waals surface area (Å²) in [5, 5.41) is 2.96. The Morgan fingerprint density at radius 1 is 0.850 bits per heavy atom. The summed E-state index contributed by atoms with van der Waals surface area (Å²) in [6.07, 6.45) is 0.749. The maximum absolute atomic E-state index is 14.1. The molecule has 0 aliphatic heterocycles. The average Bonchev–Trinajstić information content (AvgIpc) is 2.91. The number of rotatable bonds is 11. The number of hydrogen-bond donors (Lipinski definition) is 1. The van der Waals surface area contributed by atoms with Crippen molar-refractivity contribution in [2.75, 3.05) is 10.8 Å². The second-order valence-electron chi connectivity index (χ2n) is 10.6. The van der Waals surface area contributed by atoms with Crippen molar-refractivity contribution in [2.24, 2.45) is 0 Å². The molecule has 40 heavy (non-hydrogen) atoms. The molecule has 0 aromatic heterocycles. The molecule has 7 nitrogen and oxygen atoms in total. The molecule has 0 aliphatic rings. The first kappa shape index (κ1) is 30.9. The van der Waals surface area contributed by atoms with Gasteiger partial charge >= 0.3 is 0 Å². The van der Waals surface area contributed by atoms with Gasteiger partial charge in [0.25, 0.3) is 10.0 Å². The fourth-order valence-corrected chi connectivity index (χ4v) is 5.86. The molecule has 0 bridgehead atoms. The van der Waals surface area contributed by atoms with Gasteiger partial charge in [0.15, 0.2) is 0 Å². The molecule has 2 unspecified atom stereocenters. The van der Waals surface area contributed by atoms with Crippen molar-refractivity contribution in [1.29, 1.82) is 0 Å². The third-order valence-corrected chi connectivity index (χ3v) is 8.90. The minimum Gasteiger partial charge on any atom is -0.352 e. The van der Waals surface area contributed by atoms with Gasteiger partial charge in [0.2, 0.25) is 11.8 Å². The lowest BCUT2D eigenvalue weighted by Crippen LogP contribution is -2.52. The molecule has 3 aromatic carbocycles. The van der Waals surface area contributed by atoms with Gasteiger partial charge in [0, 0.05) is 12.6 Å². The molecule has 0 saturated carbocycles. The summed E-state index contributed by atoms with van der Waals surface area (Å²) >= 11 is 0. The minimum atomic E-state index is -4.10. The first-order chi connectivity index (χ1) is 18.8. The number of carbonyl (C=O) groups excluding carboxylic acids is 2. The molecule has 2 atom stereocenters. The molecule has 1 N–H and O–H groups in total. The van der Waals surface area contributed by atoms with Crippen LogP contribution in [0.15, 0.2) is 71.6 Å². The third kappa shape index (κ3) is 7.50. The maximum Gasteiger partial charge on any atom is 0.264 e. The van der Waals surface area contributed by atoms with Crippen LogP contribution in [0.4, 0.5) is 5.69 Å². The van der Waals surface area contributed by atoms with E-state index in [0.29, 0.717) is 5.69 Å². The van der Waals surface area contributed by atoms with Gasteiger partial charge in [-0.1, -0.05) is 66.6 Å². The summed E-state index contributed by atoms with van der Waals surface area (Å²) in [5.41, 5.74) is 4.84. The molecule has 0 aliphatic carbocycles. The molecule has 0 heterocycles. The fourth-order valence-electron chi connectivity index (χ4n) is 4.39. The smallest absolute Gasteiger partial charge is 0.264 e. The zero-order chi connectivity index (χ0) is 29.6. The Kier molecular flexibility index (Phi) is 10.1. The van der Waals surface area contributed by atoms with Gasteiger partial charge in [0.1, 0.15) is 12.6 Å². The predicted octanol–water partition coefficient (Wildman–Crippen LogP) is 5.45. The van der Waals surface area contributed by atoms with E-state index in [2.05, 4.69) is 5.32 Å². The number of hydrogen-bond acceptors (Lipinski definition) is 4. The molecule has 0 fully saturated rings. The first-order valence-electron chi connectivity index (χ1n) is 13.7. The van der Waals surface area contributed by atoms with Crippen LogP contribution < -0.4 is 9.62 Å². The first-order valence-corrected chi connectivity index (χ1v) is 15.1. The van der Waals surface area contributed by atoms with E-state index in [1.54, 1.807) is 37.3 Å². The summed E-state index contributed by atoms with van der Waals surface area (Å²) in [6, 6.07) is 19.0. The summed E-state index contributed by atoms with van der Waals surface area (Å²) in [5.74, 6) is -0.750. The van der Waals surface area contributed by atoms with E-state index in [1.165, 1.54) is 9.21 Å². The van der Waals surface area contributed by atoms with Crippen molar-refractivity contribution >= 4 is 27.5 Å². The maximum atomic E-state index is 14.1. The summed E-state index contributed by atoms with van der Waals surface area (Å²) in [7, 11) is -4.10. The van der Waals surface area contributed by atoms with E-state index in [9.17, 15) is 18.0 Å². The Morgan fingerprint density at radius 2 is 1.48 bits per heavy atom. The standard InChI is InChI=1S/C32H41N3O4S/c1-8-26(6)33-32(37)27(7)34(20-28-11-9-10-23(3)18-28)31(36)21-35(30-19-24(4)12-15-25(30)5)40(38,39)29-16-13-22(2)14-17-29/h9-19,26-27H,8,20-21H2,1-7H3,(H,33,37). The SMILES string of the molecule is CCC(C)NC(=O)C(C)N(Cc1cccc(C)c1)C(=O)CN(c1cc(C)ccc1C)S(=O)(=O)c1ccc(C)cc1. The van der Waals surface area contributed by atoms with Gasteiger partial charge in [0.05, 0.1) is 10.6 Å². The van der Waals surface area contributed by atoms with E-state index >= 15 is 0 Å². The molecule has 8 heteroatoms. The lowest BCUT2D eigenvalue weighted by atomic mass is 10.1. The fraction of sp³-hybridized carbons (Fsp3) is 0.375. The van der Waals surface area contributed by atoms with E-state index in [-0.39, 0.29) is 23.4 Å². The van der Waals surface area contributed by atoms with Crippen LogP contribution in [0.25, 0.3) is 0 Å². The van der Waals surface area contributed by atoms with E-state index in [1.807, 2.05) is 77.9 Å². The van der Waals surface area contributed by atoms with E-state index in [4.69, 9.17) is 0 Å². The number of benzene rings is 3. The lowest BCUT2D eigenvalue weighted by molar-refractivity contribution is -0.139. The van der Waals surface area contributed by atoms with Crippen molar-refractivity contribution in [3.05, 3.63) is 94.5 Å². The monoisotopic (exact) mass is 563 g/mol. The van der Waals surface area contributed by atoms with Crippen LogP contribution in [-0.2, 0) is 26.2 Å². The van der Waals surface area contributed by atoms with Gasteiger partial charge in [-0.15, -0.1) is 0 Å². The predicted molar refractivity (Wildman–Crippen MR) is 161 cm³/mol. The van der Waals surface area contributed by atoms with Gasteiger partial charge in [-0.2, -0.15) is 0 Å².